The molecule has 4 heteroatoms. The third-order valence-corrected chi connectivity index (χ3v) is 1.39. The fraction of sp³-hybridized carbons (Fsp3) is 0.857. The number of hydrogen-bond donors (Lipinski definition) is 2. The first-order valence-corrected chi connectivity index (χ1v) is 4.21. The lowest BCUT2D eigenvalue weighted by Crippen LogP contribution is -2.26. The zero-order valence-electron chi connectivity index (χ0n) is 6.64. The SMILES string of the molecule is CC(O)CCNC(=O)CCCl. The van der Waals surface area contributed by atoms with E-state index in [9.17, 15) is 4.79 Å². The van der Waals surface area contributed by atoms with Gasteiger partial charge in [-0.25, -0.2) is 0 Å². The second-order valence-electron chi connectivity index (χ2n) is 2.43. The molecule has 1 atom stereocenters. The Hall–Kier alpha value is -0.280. The number of hydrogen-bond acceptors (Lipinski definition) is 2. The van der Waals surface area contributed by atoms with E-state index in [1.54, 1.807) is 6.92 Å². The van der Waals surface area contributed by atoms with Crippen molar-refractivity contribution in [3.8, 4) is 0 Å². The lowest BCUT2D eigenvalue weighted by molar-refractivity contribution is -0.120. The van der Waals surface area contributed by atoms with Crippen molar-refractivity contribution >= 4 is 17.5 Å². The van der Waals surface area contributed by atoms with Gasteiger partial charge in [0.2, 0.25) is 5.91 Å². The van der Waals surface area contributed by atoms with E-state index in [2.05, 4.69) is 5.32 Å². The second kappa shape index (κ2) is 6.43. The van der Waals surface area contributed by atoms with Crippen LogP contribution in [0.5, 0.6) is 0 Å². The van der Waals surface area contributed by atoms with Gasteiger partial charge in [0.05, 0.1) is 6.10 Å². The van der Waals surface area contributed by atoms with Gasteiger partial charge >= 0.3 is 0 Å². The van der Waals surface area contributed by atoms with E-state index in [0.717, 1.165) is 0 Å². The third kappa shape index (κ3) is 7.62. The largest absolute Gasteiger partial charge is 0.393 e. The van der Waals surface area contributed by atoms with Crippen LogP contribution in [0.25, 0.3) is 0 Å². The summed E-state index contributed by atoms with van der Waals surface area (Å²) in [6, 6.07) is 0. The third-order valence-electron chi connectivity index (χ3n) is 1.21. The van der Waals surface area contributed by atoms with E-state index in [4.69, 9.17) is 16.7 Å². The van der Waals surface area contributed by atoms with Gasteiger partial charge in [0, 0.05) is 18.8 Å². The Morgan fingerprint density at radius 2 is 2.36 bits per heavy atom. The van der Waals surface area contributed by atoms with Gasteiger partial charge in [0.1, 0.15) is 0 Å². The van der Waals surface area contributed by atoms with Crippen LogP contribution in [0.2, 0.25) is 0 Å². The van der Waals surface area contributed by atoms with E-state index in [-0.39, 0.29) is 12.0 Å². The molecule has 0 radical (unpaired) electrons. The van der Waals surface area contributed by atoms with Crippen LogP contribution >= 0.6 is 11.6 Å². The molecule has 0 bridgehead atoms. The molecule has 0 saturated carbocycles. The summed E-state index contributed by atoms with van der Waals surface area (Å²) in [6.45, 7) is 2.21. The summed E-state index contributed by atoms with van der Waals surface area (Å²) in [5.74, 6) is 0.293. The molecule has 1 unspecified atom stereocenters. The fourth-order valence-corrected chi connectivity index (χ4v) is 0.766. The first-order valence-electron chi connectivity index (χ1n) is 3.67. The normalized spacial score (nSPS) is 12.6. The standard InChI is InChI=1S/C7H14ClNO2/c1-6(10)3-5-9-7(11)2-4-8/h6,10H,2-5H2,1H3,(H,9,11). The molecule has 0 rings (SSSR count). The molecule has 0 aromatic carbocycles. The van der Waals surface area contributed by atoms with Gasteiger partial charge in [-0.1, -0.05) is 0 Å². The predicted octanol–water partition coefficient (Wildman–Crippen LogP) is 0.502. The summed E-state index contributed by atoms with van der Waals surface area (Å²) in [7, 11) is 0. The number of aliphatic hydroxyl groups is 1. The summed E-state index contributed by atoms with van der Waals surface area (Å²) >= 11 is 5.33. The van der Waals surface area contributed by atoms with Crippen molar-refractivity contribution < 1.29 is 9.90 Å². The Bertz CT molecular complexity index is 117. The minimum atomic E-state index is -0.355. The minimum Gasteiger partial charge on any atom is -0.393 e. The molecule has 0 fully saturated rings. The van der Waals surface area contributed by atoms with Gasteiger partial charge in [-0.2, -0.15) is 0 Å². The molecule has 66 valence electrons. The smallest absolute Gasteiger partial charge is 0.221 e. The Kier molecular flexibility index (Phi) is 6.27. The molecule has 0 heterocycles. The molecule has 2 N–H and O–H groups in total. The highest BCUT2D eigenvalue weighted by atomic mass is 35.5. The monoisotopic (exact) mass is 179 g/mol. The van der Waals surface area contributed by atoms with E-state index in [1.807, 2.05) is 0 Å². The second-order valence-corrected chi connectivity index (χ2v) is 2.80. The number of alkyl halides is 1. The van der Waals surface area contributed by atoms with Crippen molar-refractivity contribution in [3.63, 3.8) is 0 Å². The van der Waals surface area contributed by atoms with Gasteiger partial charge < -0.3 is 10.4 Å². The molecule has 0 saturated heterocycles. The van der Waals surface area contributed by atoms with Gasteiger partial charge in [0.25, 0.3) is 0 Å². The van der Waals surface area contributed by atoms with Crippen molar-refractivity contribution in [2.24, 2.45) is 0 Å². The molecular weight excluding hydrogens is 166 g/mol. The Labute approximate surface area is 71.7 Å². The molecule has 1 amide bonds. The maximum absolute atomic E-state index is 10.7. The Morgan fingerprint density at radius 3 is 2.82 bits per heavy atom. The van der Waals surface area contributed by atoms with Crippen molar-refractivity contribution in [1.29, 1.82) is 0 Å². The average Bonchev–Trinajstić information content (AvgIpc) is 1.87. The van der Waals surface area contributed by atoms with E-state index >= 15 is 0 Å². The van der Waals surface area contributed by atoms with Gasteiger partial charge in [-0.05, 0) is 13.3 Å². The number of halogens is 1. The zero-order valence-corrected chi connectivity index (χ0v) is 7.40. The summed E-state index contributed by atoms with van der Waals surface area (Å²) in [5.41, 5.74) is 0. The number of rotatable bonds is 5. The van der Waals surface area contributed by atoms with Gasteiger partial charge in [-0.15, -0.1) is 11.6 Å². The highest BCUT2D eigenvalue weighted by Gasteiger charge is 1.99. The van der Waals surface area contributed by atoms with Crippen LogP contribution in [0.15, 0.2) is 0 Å². The molecule has 0 aromatic heterocycles. The molecule has 0 spiro atoms. The van der Waals surface area contributed by atoms with E-state index in [0.29, 0.717) is 25.3 Å². The highest BCUT2D eigenvalue weighted by molar-refractivity contribution is 6.18. The quantitative estimate of drug-likeness (QED) is 0.604. The number of carbonyl (C=O) groups excluding carboxylic acids is 1. The summed E-state index contributed by atoms with van der Waals surface area (Å²) in [4.78, 5) is 10.7. The van der Waals surface area contributed by atoms with Crippen LogP contribution in [0.1, 0.15) is 19.8 Å². The van der Waals surface area contributed by atoms with Crippen molar-refractivity contribution in [3.05, 3.63) is 0 Å². The van der Waals surface area contributed by atoms with Crippen molar-refractivity contribution in [1.82, 2.24) is 5.32 Å². The Morgan fingerprint density at radius 1 is 1.73 bits per heavy atom. The molecule has 0 aliphatic heterocycles. The summed E-state index contributed by atoms with van der Waals surface area (Å²) in [5, 5.41) is 11.4. The first-order chi connectivity index (χ1) is 5.16. The van der Waals surface area contributed by atoms with Crippen LogP contribution in [0, 0.1) is 0 Å². The van der Waals surface area contributed by atoms with Gasteiger partial charge in [-0.3, -0.25) is 4.79 Å². The van der Waals surface area contributed by atoms with Gasteiger partial charge in [0.15, 0.2) is 0 Å². The van der Waals surface area contributed by atoms with Crippen molar-refractivity contribution in [2.75, 3.05) is 12.4 Å². The molecule has 0 aliphatic rings. The Balaban J connectivity index is 3.17. The lowest BCUT2D eigenvalue weighted by Gasteiger charge is -2.04. The number of aliphatic hydroxyl groups excluding tert-OH is 1. The van der Waals surface area contributed by atoms with Crippen LogP contribution in [0.4, 0.5) is 0 Å². The molecular formula is C7H14ClNO2. The van der Waals surface area contributed by atoms with Crippen molar-refractivity contribution in [2.45, 2.75) is 25.9 Å². The number of nitrogens with one attached hydrogen (secondary N) is 1. The molecule has 3 nitrogen and oxygen atoms in total. The van der Waals surface area contributed by atoms with E-state index in [1.165, 1.54) is 0 Å². The van der Waals surface area contributed by atoms with Crippen LogP contribution in [-0.4, -0.2) is 29.5 Å². The van der Waals surface area contributed by atoms with E-state index < -0.39 is 0 Å². The maximum Gasteiger partial charge on any atom is 0.221 e. The molecule has 0 aliphatic carbocycles. The number of carbonyl (C=O) groups is 1. The first kappa shape index (κ1) is 10.7. The average molecular weight is 180 g/mol. The fourth-order valence-electron chi connectivity index (χ4n) is 0.595. The summed E-state index contributed by atoms with van der Waals surface area (Å²) < 4.78 is 0. The molecule has 11 heavy (non-hydrogen) atoms. The molecule has 0 aromatic rings. The minimum absolute atomic E-state index is 0.0550. The van der Waals surface area contributed by atoms with Crippen LogP contribution < -0.4 is 5.32 Å². The maximum atomic E-state index is 10.7. The van der Waals surface area contributed by atoms with Crippen LogP contribution in [0.3, 0.4) is 0 Å². The predicted molar refractivity (Wildman–Crippen MR) is 44.6 cm³/mol. The topological polar surface area (TPSA) is 49.3 Å². The number of amides is 1. The summed E-state index contributed by atoms with van der Waals surface area (Å²) in [6.07, 6.45) is 0.585. The van der Waals surface area contributed by atoms with Crippen LogP contribution in [-0.2, 0) is 4.79 Å². The highest BCUT2D eigenvalue weighted by Crippen LogP contribution is 1.88. The zero-order chi connectivity index (χ0) is 8.69. The lowest BCUT2D eigenvalue weighted by atomic mass is 10.3.